The minimum Gasteiger partial charge on any atom is -0.475 e. The van der Waals surface area contributed by atoms with Gasteiger partial charge in [0.1, 0.15) is 0 Å². The van der Waals surface area contributed by atoms with Crippen LogP contribution in [0.3, 0.4) is 0 Å². The van der Waals surface area contributed by atoms with Crippen molar-refractivity contribution in [3.8, 4) is 0 Å². The lowest BCUT2D eigenvalue weighted by atomic mass is 10.2. The Labute approximate surface area is 120 Å². The Morgan fingerprint density at radius 3 is 2.52 bits per heavy atom. The number of likely N-dealkylation sites (tertiary alicyclic amines) is 1. The van der Waals surface area contributed by atoms with Crippen LogP contribution in [0.1, 0.15) is 12.8 Å². The maximum atomic E-state index is 10.6. The molecule has 1 aromatic rings. The molecule has 1 aliphatic heterocycles. The molecule has 1 fully saturated rings. The summed E-state index contributed by atoms with van der Waals surface area (Å²) < 4.78 is 33.6. The smallest absolute Gasteiger partial charge is 0.475 e. The minimum atomic E-state index is -5.08. The number of hydrogen-bond acceptors (Lipinski definition) is 4. The van der Waals surface area contributed by atoms with Crippen molar-refractivity contribution in [2.75, 3.05) is 25.5 Å². The summed E-state index contributed by atoms with van der Waals surface area (Å²) in [7, 11) is 4.13. The second kappa shape index (κ2) is 7.30. The van der Waals surface area contributed by atoms with E-state index in [1.54, 1.807) is 0 Å². The van der Waals surface area contributed by atoms with Crippen LogP contribution in [0.25, 0.3) is 0 Å². The second-order valence-electron chi connectivity index (χ2n) is 4.86. The summed E-state index contributed by atoms with van der Waals surface area (Å²) in [6.07, 6.45) is 1.43. The van der Waals surface area contributed by atoms with E-state index in [1.165, 1.54) is 19.4 Å². The van der Waals surface area contributed by atoms with E-state index in [9.17, 15) is 13.2 Å². The summed E-state index contributed by atoms with van der Waals surface area (Å²) in [5, 5.41) is 14.7. The monoisotopic (exact) mass is 308 g/mol. The summed E-state index contributed by atoms with van der Waals surface area (Å²) in [4.78, 5) is 11.3. The highest BCUT2D eigenvalue weighted by atomic mass is 19.4. The molecule has 0 amide bonds. The first kappa shape index (κ1) is 17.3. The van der Waals surface area contributed by atoms with Crippen LogP contribution in [-0.2, 0) is 11.8 Å². The number of aromatic nitrogens is 2. The zero-order valence-electron chi connectivity index (χ0n) is 11.9. The quantitative estimate of drug-likeness (QED) is 0.887. The molecule has 1 aromatic heterocycles. The number of nitrogens with one attached hydrogen (secondary N) is 1. The molecule has 21 heavy (non-hydrogen) atoms. The lowest BCUT2D eigenvalue weighted by Crippen LogP contribution is -2.31. The third kappa shape index (κ3) is 6.03. The number of carbonyl (C=O) groups is 1. The Balaban J connectivity index is 0.000000270. The number of hydrogen-bond donors (Lipinski definition) is 2. The molecule has 0 radical (unpaired) electrons. The van der Waals surface area contributed by atoms with Crippen molar-refractivity contribution in [1.29, 1.82) is 0 Å². The Morgan fingerprint density at radius 1 is 1.52 bits per heavy atom. The van der Waals surface area contributed by atoms with E-state index in [1.807, 2.05) is 24.1 Å². The lowest BCUT2D eigenvalue weighted by molar-refractivity contribution is -0.192. The average Bonchev–Trinajstić information content (AvgIpc) is 2.95. The van der Waals surface area contributed by atoms with Gasteiger partial charge in [0.15, 0.2) is 0 Å². The fourth-order valence-electron chi connectivity index (χ4n) is 1.99. The Kier molecular flexibility index (Phi) is 6.01. The zero-order chi connectivity index (χ0) is 16.0. The number of carboxylic acid groups (broad SMARTS) is 1. The van der Waals surface area contributed by atoms with Crippen LogP contribution in [0.2, 0.25) is 0 Å². The number of rotatable bonds is 3. The van der Waals surface area contributed by atoms with Gasteiger partial charge in [0.2, 0.25) is 0 Å². The molecule has 0 spiro atoms. The standard InChI is InChI=1S/C10H18N4.C2HF3O2/c1-13-5-3-4-10(13)7-11-9-6-12-14(2)8-9;3-2(4,5)1(6)7/h6,8,10-11H,3-5,7H2,1-2H3;(H,6,7). The van der Waals surface area contributed by atoms with E-state index in [0.29, 0.717) is 6.04 Å². The molecule has 0 aromatic carbocycles. The predicted molar refractivity (Wildman–Crippen MR) is 71.0 cm³/mol. The van der Waals surface area contributed by atoms with E-state index in [4.69, 9.17) is 9.90 Å². The van der Waals surface area contributed by atoms with Gasteiger partial charge in [-0.2, -0.15) is 18.3 Å². The molecule has 2 heterocycles. The topological polar surface area (TPSA) is 70.4 Å². The molecule has 1 atom stereocenters. The van der Waals surface area contributed by atoms with Crippen LogP contribution in [-0.4, -0.2) is 58.1 Å². The summed E-state index contributed by atoms with van der Waals surface area (Å²) in [6.45, 7) is 2.27. The van der Waals surface area contributed by atoms with E-state index >= 15 is 0 Å². The first-order valence-electron chi connectivity index (χ1n) is 6.43. The van der Waals surface area contributed by atoms with Crippen LogP contribution >= 0.6 is 0 Å². The van der Waals surface area contributed by atoms with Crippen molar-refractivity contribution < 1.29 is 23.1 Å². The SMILES string of the molecule is CN1CCCC1CNc1cnn(C)c1.O=C(O)C(F)(F)F. The van der Waals surface area contributed by atoms with Crippen molar-refractivity contribution in [2.45, 2.75) is 25.1 Å². The molecular weight excluding hydrogens is 289 g/mol. The lowest BCUT2D eigenvalue weighted by Gasteiger charge is -2.19. The molecule has 0 saturated carbocycles. The van der Waals surface area contributed by atoms with Gasteiger partial charge in [-0.25, -0.2) is 4.79 Å². The van der Waals surface area contributed by atoms with Crippen LogP contribution in [0, 0.1) is 0 Å². The van der Waals surface area contributed by atoms with Crippen molar-refractivity contribution in [2.24, 2.45) is 7.05 Å². The molecule has 1 unspecified atom stereocenters. The Bertz CT molecular complexity index is 462. The molecule has 2 rings (SSSR count). The van der Waals surface area contributed by atoms with E-state index in [2.05, 4.69) is 22.4 Å². The highest BCUT2D eigenvalue weighted by molar-refractivity contribution is 5.73. The third-order valence-corrected chi connectivity index (χ3v) is 3.16. The number of likely N-dealkylation sites (N-methyl/N-ethyl adjacent to an activating group) is 1. The van der Waals surface area contributed by atoms with Crippen molar-refractivity contribution in [1.82, 2.24) is 14.7 Å². The summed E-state index contributed by atoms with van der Waals surface area (Å²) in [5.41, 5.74) is 1.12. The zero-order valence-corrected chi connectivity index (χ0v) is 11.9. The van der Waals surface area contributed by atoms with Crippen LogP contribution in [0.4, 0.5) is 18.9 Å². The van der Waals surface area contributed by atoms with Gasteiger partial charge < -0.3 is 15.3 Å². The number of aryl methyl sites for hydroxylation is 1. The van der Waals surface area contributed by atoms with Gasteiger partial charge >= 0.3 is 12.1 Å². The van der Waals surface area contributed by atoms with Gasteiger partial charge in [-0.1, -0.05) is 0 Å². The van der Waals surface area contributed by atoms with Gasteiger partial charge in [0, 0.05) is 25.8 Å². The highest BCUT2D eigenvalue weighted by Crippen LogP contribution is 2.15. The Morgan fingerprint density at radius 2 is 2.14 bits per heavy atom. The van der Waals surface area contributed by atoms with Crippen LogP contribution in [0.5, 0.6) is 0 Å². The first-order chi connectivity index (χ1) is 9.70. The van der Waals surface area contributed by atoms with Gasteiger partial charge in [-0.15, -0.1) is 0 Å². The van der Waals surface area contributed by atoms with Crippen LogP contribution in [0.15, 0.2) is 12.4 Å². The first-order valence-corrected chi connectivity index (χ1v) is 6.43. The molecule has 1 saturated heterocycles. The maximum Gasteiger partial charge on any atom is 0.490 e. The molecule has 2 N–H and O–H groups in total. The largest absolute Gasteiger partial charge is 0.490 e. The molecule has 9 heteroatoms. The molecule has 0 aliphatic carbocycles. The van der Waals surface area contributed by atoms with Crippen molar-refractivity contribution >= 4 is 11.7 Å². The number of halogens is 3. The Hall–Kier alpha value is -1.77. The maximum absolute atomic E-state index is 10.6. The number of alkyl halides is 3. The normalized spacial score (nSPS) is 19.0. The van der Waals surface area contributed by atoms with Crippen molar-refractivity contribution in [3.05, 3.63) is 12.4 Å². The third-order valence-electron chi connectivity index (χ3n) is 3.16. The highest BCUT2D eigenvalue weighted by Gasteiger charge is 2.38. The van der Waals surface area contributed by atoms with Gasteiger partial charge in [0.05, 0.1) is 11.9 Å². The van der Waals surface area contributed by atoms with Gasteiger partial charge in [-0.3, -0.25) is 4.68 Å². The molecule has 1 aliphatic rings. The fraction of sp³-hybridized carbons (Fsp3) is 0.667. The summed E-state index contributed by atoms with van der Waals surface area (Å²) in [6, 6.07) is 0.690. The molecule has 120 valence electrons. The van der Waals surface area contributed by atoms with Crippen molar-refractivity contribution in [3.63, 3.8) is 0 Å². The van der Waals surface area contributed by atoms with Gasteiger partial charge in [0.25, 0.3) is 0 Å². The fourth-order valence-corrected chi connectivity index (χ4v) is 1.99. The number of nitrogens with zero attached hydrogens (tertiary/aromatic N) is 3. The van der Waals surface area contributed by atoms with E-state index < -0.39 is 12.1 Å². The van der Waals surface area contributed by atoms with E-state index in [-0.39, 0.29) is 0 Å². The number of aliphatic carboxylic acids is 1. The average molecular weight is 308 g/mol. The molecule has 0 bridgehead atoms. The van der Waals surface area contributed by atoms with Crippen LogP contribution < -0.4 is 5.32 Å². The van der Waals surface area contributed by atoms with E-state index in [0.717, 1.165) is 12.2 Å². The second-order valence-corrected chi connectivity index (χ2v) is 4.86. The predicted octanol–water partition coefficient (Wildman–Crippen LogP) is 1.56. The minimum absolute atomic E-state index is 0.690. The van der Waals surface area contributed by atoms with Gasteiger partial charge in [-0.05, 0) is 26.4 Å². The molecular formula is C12H19F3N4O2. The number of anilines is 1. The molecule has 6 nitrogen and oxygen atoms in total. The number of carboxylic acids is 1. The summed E-state index contributed by atoms with van der Waals surface area (Å²) in [5.74, 6) is -2.76. The summed E-state index contributed by atoms with van der Waals surface area (Å²) >= 11 is 0.